The van der Waals surface area contributed by atoms with Crippen LogP contribution in [0.5, 0.6) is 11.5 Å². The van der Waals surface area contributed by atoms with Crippen LogP contribution >= 0.6 is 39.1 Å². The van der Waals surface area contributed by atoms with Gasteiger partial charge in [0.05, 0.1) is 17.6 Å². The van der Waals surface area contributed by atoms with Gasteiger partial charge in [-0.25, -0.2) is 0 Å². The summed E-state index contributed by atoms with van der Waals surface area (Å²) in [5, 5.41) is 4.85. The van der Waals surface area contributed by atoms with Crippen molar-refractivity contribution in [3.63, 3.8) is 0 Å². The number of rotatable bonds is 9. The van der Waals surface area contributed by atoms with E-state index in [2.05, 4.69) is 69.8 Å². The van der Waals surface area contributed by atoms with Crippen LogP contribution in [0.15, 0.2) is 95.5 Å². The van der Waals surface area contributed by atoms with E-state index in [0.29, 0.717) is 34.7 Å². The van der Waals surface area contributed by atoms with Crippen molar-refractivity contribution in [3.05, 3.63) is 128 Å². The van der Waals surface area contributed by atoms with Crippen LogP contribution in [0.25, 0.3) is 0 Å². The molecule has 0 unspecified atom stereocenters. The maximum Gasteiger partial charge on any atom is 0.175 e. The van der Waals surface area contributed by atoms with Gasteiger partial charge in [-0.2, -0.15) is 0 Å². The van der Waals surface area contributed by atoms with Crippen LogP contribution in [-0.2, 0) is 13.2 Å². The molecule has 0 radical (unpaired) electrons. The first-order valence-electron chi connectivity index (χ1n) is 10.8. The molecule has 0 fully saturated rings. The van der Waals surface area contributed by atoms with Crippen molar-refractivity contribution in [2.45, 2.75) is 19.2 Å². The van der Waals surface area contributed by atoms with Crippen molar-refractivity contribution in [1.82, 2.24) is 5.32 Å². The Kier molecular flexibility index (Phi) is 8.52. The fraction of sp³-hybridized carbons (Fsp3) is 0.143. The number of methoxy groups -OCH3 is 1. The first-order valence-corrected chi connectivity index (χ1v) is 12.4. The molecule has 4 aromatic carbocycles. The van der Waals surface area contributed by atoms with E-state index in [1.54, 1.807) is 19.2 Å². The minimum Gasteiger partial charge on any atom is -0.493 e. The molecule has 4 rings (SSSR count). The maximum absolute atomic E-state index is 6.29. The highest BCUT2D eigenvalue weighted by atomic mass is 79.9. The monoisotopic (exact) mass is 555 g/mol. The summed E-state index contributed by atoms with van der Waals surface area (Å²) in [7, 11) is 1.64. The number of nitrogens with one attached hydrogen (secondary N) is 1. The summed E-state index contributed by atoms with van der Waals surface area (Å²) in [6, 6.07) is 30.3. The van der Waals surface area contributed by atoms with E-state index in [1.165, 1.54) is 11.1 Å². The Bertz CT molecular complexity index is 1200. The highest BCUT2D eigenvalue weighted by Gasteiger charge is 2.16. The average molecular weight is 557 g/mol. The van der Waals surface area contributed by atoms with Gasteiger partial charge in [-0.1, -0.05) is 89.9 Å². The summed E-state index contributed by atoms with van der Waals surface area (Å²) in [6.07, 6.45) is 0. The molecule has 0 aliphatic carbocycles. The molecule has 0 amide bonds. The van der Waals surface area contributed by atoms with E-state index in [1.807, 2.05) is 30.3 Å². The largest absolute Gasteiger partial charge is 0.493 e. The quantitative estimate of drug-likeness (QED) is 0.225. The van der Waals surface area contributed by atoms with E-state index in [0.717, 1.165) is 15.6 Å². The number of ether oxygens (including phenoxy) is 2. The molecule has 3 nitrogen and oxygen atoms in total. The summed E-state index contributed by atoms with van der Waals surface area (Å²) >= 11 is 15.9. The molecular weight excluding hydrogens is 533 g/mol. The lowest BCUT2D eigenvalue weighted by molar-refractivity contribution is 0.282. The van der Waals surface area contributed by atoms with Gasteiger partial charge in [-0.3, -0.25) is 0 Å². The van der Waals surface area contributed by atoms with Crippen LogP contribution in [0.3, 0.4) is 0 Å². The van der Waals surface area contributed by atoms with Gasteiger partial charge in [0.25, 0.3) is 0 Å². The molecular formula is C28H24BrCl2NO2. The van der Waals surface area contributed by atoms with Gasteiger partial charge in [0.1, 0.15) is 6.61 Å². The minimum atomic E-state index is 0.0649. The zero-order valence-electron chi connectivity index (χ0n) is 18.6. The molecule has 0 saturated carbocycles. The maximum atomic E-state index is 6.29. The van der Waals surface area contributed by atoms with Gasteiger partial charge < -0.3 is 14.8 Å². The molecule has 174 valence electrons. The third-order valence-corrected chi connectivity index (χ3v) is 6.63. The molecule has 1 N–H and O–H groups in total. The van der Waals surface area contributed by atoms with Crippen LogP contribution in [-0.4, -0.2) is 7.11 Å². The van der Waals surface area contributed by atoms with Crippen molar-refractivity contribution in [1.29, 1.82) is 0 Å². The second-order valence-electron chi connectivity index (χ2n) is 7.77. The van der Waals surface area contributed by atoms with Crippen molar-refractivity contribution >= 4 is 39.1 Å². The molecule has 0 aliphatic heterocycles. The number of benzene rings is 4. The summed E-state index contributed by atoms with van der Waals surface area (Å²) in [5.41, 5.74) is 4.33. The van der Waals surface area contributed by atoms with E-state index in [4.69, 9.17) is 32.7 Å². The van der Waals surface area contributed by atoms with E-state index >= 15 is 0 Å². The fourth-order valence-corrected chi connectivity index (χ4v) is 4.81. The first-order chi connectivity index (χ1) is 16.5. The molecule has 4 aromatic rings. The Balaban J connectivity index is 1.52. The third kappa shape index (κ3) is 6.13. The van der Waals surface area contributed by atoms with Crippen LogP contribution in [0.1, 0.15) is 28.3 Å². The second kappa shape index (κ2) is 11.8. The molecule has 0 aromatic heterocycles. The Morgan fingerprint density at radius 3 is 2.09 bits per heavy atom. The lowest BCUT2D eigenvalue weighted by Gasteiger charge is -2.21. The Morgan fingerprint density at radius 1 is 0.853 bits per heavy atom. The molecule has 0 heterocycles. The van der Waals surface area contributed by atoms with Crippen molar-refractivity contribution in [2.75, 3.05) is 7.11 Å². The van der Waals surface area contributed by atoms with Crippen molar-refractivity contribution < 1.29 is 9.47 Å². The minimum absolute atomic E-state index is 0.0649. The van der Waals surface area contributed by atoms with E-state index < -0.39 is 0 Å². The molecule has 0 saturated heterocycles. The molecule has 0 spiro atoms. The molecule has 0 aliphatic rings. The summed E-state index contributed by atoms with van der Waals surface area (Å²) in [6.45, 7) is 0.944. The molecule has 0 bridgehead atoms. The normalized spacial score (nSPS) is 11.0. The van der Waals surface area contributed by atoms with E-state index in [-0.39, 0.29) is 6.04 Å². The van der Waals surface area contributed by atoms with Gasteiger partial charge in [-0.15, -0.1) is 0 Å². The van der Waals surface area contributed by atoms with Gasteiger partial charge in [0.15, 0.2) is 11.5 Å². The van der Waals surface area contributed by atoms with Crippen LogP contribution in [0, 0.1) is 0 Å². The molecule has 34 heavy (non-hydrogen) atoms. The lowest BCUT2D eigenvalue weighted by atomic mass is 9.98. The standard InChI is InChI=1S/C28H24BrCl2NO2/c1-33-26-15-19(14-24(29)28(26)34-18-22-12-13-23(30)16-25(22)31)17-32-27(20-8-4-2-5-9-20)21-10-6-3-7-11-21/h2-16,27,32H,17-18H2,1H3. The fourth-order valence-electron chi connectivity index (χ4n) is 3.74. The van der Waals surface area contributed by atoms with Crippen LogP contribution in [0.2, 0.25) is 10.0 Å². The third-order valence-electron chi connectivity index (χ3n) is 5.45. The zero-order chi connectivity index (χ0) is 23.9. The van der Waals surface area contributed by atoms with Crippen molar-refractivity contribution in [2.24, 2.45) is 0 Å². The van der Waals surface area contributed by atoms with E-state index in [9.17, 15) is 0 Å². The lowest BCUT2D eigenvalue weighted by Crippen LogP contribution is -2.22. The van der Waals surface area contributed by atoms with Gasteiger partial charge >= 0.3 is 0 Å². The predicted molar refractivity (Wildman–Crippen MR) is 143 cm³/mol. The SMILES string of the molecule is COc1cc(CNC(c2ccccc2)c2ccccc2)cc(Br)c1OCc1ccc(Cl)cc1Cl. The number of halogens is 3. The van der Waals surface area contributed by atoms with Crippen LogP contribution < -0.4 is 14.8 Å². The molecule has 0 atom stereocenters. The predicted octanol–water partition coefficient (Wildman–Crippen LogP) is 8.22. The first kappa shape index (κ1) is 24.6. The molecule has 6 heteroatoms. The van der Waals surface area contributed by atoms with Gasteiger partial charge in [-0.05, 0) is 56.9 Å². The van der Waals surface area contributed by atoms with Gasteiger partial charge in [0.2, 0.25) is 0 Å². The Hall–Kier alpha value is -2.50. The summed E-state index contributed by atoms with van der Waals surface area (Å²) in [5.74, 6) is 1.27. The topological polar surface area (TPSA) is 30.5 Å². The highest BCUT2D eigenvalue weighted by Crippen LogP contribution is 2.38. The Labute approximate surface area is 218 Å². The highest BCUT2D eigenvalue weighted by molar-refractivity contribution is 9.10. The number of hydrogen-bond donors (Lipinski definition) is 1. The summed E-state index contributed by atoms with van der Waals surface area (Å²) < 4.78 is 12.5. The van der Waals surface area contributed by atoms with Crippen LogP contribution in [0.4, 0.5) is 0 Å². The summed E-state index contributed by atoms with van der Waals surface area (Å²) in [4.78, 5) is 0. The average Bonchev–Trinajstić information content (AvgIpc) is 2.85. The Morgan fingerprint density at radius 2 is 1.50 bits per heavy atom. The number of hydrogen-bond acceptors (Lipinski definition) is 3. The van der Waals surface area contributed by atoms with Crippen molar-refractivity contribution in [3.8, 4) is 11.5 Å². The smallest absolute Gasteiger partial charge is 0.175 e. The second-order valence-corrected chi connectivity index (χ2v) is 9.47. The van der Waals surface area contributed by atoms with Gasteiger partial charge in [0, 0.05) is 22.2 Å². The zero-order valence-corrected chi connectivity index (χ0v) is 21.7.